The summed E-state index contributed by atoms with van der Waals surface area (Å²) in [6.07, 6.45) is 0.815. The number of carbonyl (C=O) groups excluding carboxylic acids is 1. The van der Waals surface area contributed by atoms with Gasteiger partial charge in [-0.15, -0.1) is 0 Å². The van der Waals surface area contributed by atoms with Crippen LogP contribution in [0.25, 0.3) is 21.8 Å². The number of amides is 1. The quantitative estimate of drug-likeness (QED) is 0.295. The Morgan fingerprint density at radius 3 is 2.62 bits per heavy atom. The Kier molecular flexibility index (Phi) is 5.93. The van der Waals surface area contributed by atoms with Gasteiger partial charge in [0.1, 0.15) is 17.5 Å². The van der Waals surface area contributed by atoms with Gasteiger partial charge in [0.2, 0.25) is 0 Å². The first-order valence-corrected chi connectivity index (χ1v) is 12.5. The molecule has 12 heteroatoms. The highest BCUT2D eigenvalue weighted by Gasteiger charge is 2.39. The summed E-state index contributed by atoms with van der Waals surface area (Å²) in [5.41, 5.74) is 7.01. The number of hydrogen-bond acceptors (Lipinski definition) is 6. The number of alkyl halides is 3. The fourth-order valence-corrected chi connectivity index (χ4v) is 5.58. The fourth-order valence-electron chi connectivity index (χ4n) is 5.58. The molecule has 1 amide bonds. The SMILES string of the molecule is C[C@H](c1ncccn1)N(C(=O)c1cc2c(cc1F)nc(N)c1cnn(C)c12)[C@@H]1CCc2cc(C(F)(F)F)ccc21. The molecule has 1 aliphatic rings. The number of nitrogens with zero attached hydrogens (tertiary/aromatic N) is 6. The zero-order valence-corrected chi connectivity index (χ0v) is 21.4. The van der Waals surface area contributed by atoms with Crippen molar-refractivity contribution in [2.45, 2.75) is 38.0 Å². The molecule has 3 aromatic heterocycles. The summed E-state index contributed by atoms with van der Waals surface area (Å²) in [5.74, 6) is -0.945. The maximum absolute atomic E-state index is 15.6. The van der Waals surface area contributed by atoms with Gasteiger partial charge in [0, 0.05) is 30.9 Å². The number of carbonyl (C=O) groups is 1. The van der Waals surface area contributed by atoms with Crippen LogP contribution in [0, 0.1) is 5.82 Å². The molecule has 0 spiro atoms. The smallest absolute Gasteiger partial charge is 0.383 e. The van der Waals surface area contributed by atoms with E-state index in [1.165, 1.54) is 29.4 Å². The Morgan fingerprint density at radius 1 is 1.15 bits per heavy atom. The highest BCUT2D eigenvalue weighted by Crippen LogP contribution is 2.43. The van der Waals surface area contributed by atoms with Gasteiger partial charge in [0.05, 0.1) is 45.8 Å². The predicted octanol–water partition coefficient (Wildman–Crippen LogP) is 5.54. The molecule has 2 atom stereocenters. The molecule has 2 aromatic carbocycles. The number of rotatable bonds is 4. The second-order valence-corrected chi connectivity index (χ2v) is 9.84. The van der Waals surface area contributed by atoms with E-state index in [9.17, 15) is 18.0 Å². The monoisotopic (exact) mass is 549 g/mol. The Hall–Kier alpha value is -4.61. The molecule has 3 heterocycles. The van der Waals surface area contributed by atoms with Crippen molar-refractivity contribution in [3.63, 3.8) is 0 Å². The normalized spacial score (nSPS) is 15.9. The summed E-state index contributed by atoms with van der Waals surface area (Å²) < 4.78 is 57.3. The minimum Gasteiger partial charge on any atom is -0.383 e. The molecule has 1 aliphatic carbocycles. The first kappa shape index (κ1) is 25.7. The molecule has 0 radical (unpaired) electrons. The molecule has 40 heavy (non-hydrogen) atoms. The minimum absolute atomic E-state index is 0.186. The summed E-state index contributed by atoms with van der Waals surface area (Å²) in [4.78, 5) is 28.6. The molecule has 0 saturated carbocycles. The summed E-state index contributed by atoms with van der Waals surface area (Å²) in [6.45, 7) is 1.72. The van der Waals surface area contributed by atoms with E-state index in [4.69, 9.17) is 5.73 Å². The van der Waals surface area contributed by atoms with Crippen LogP contribution in [0.3, 0.4) is 0 Å². The lowest BCUT2D eigenvalue weighted by molar-refractivity contribution is -0.137. The van der Waals surface area contributed by atoms with Gasteiger partial charge in [-0.05, 0) is 55.2 Å². The highest BCUT2D eigenvalue weighted by molar-refractivity contribution is 6.10. The average molecular weight is 550 g/mol. The van der Waals surface area contributed by atoms with E-state index in [1.54, 1.807) is 30.9 Å². The van der Waals surface area contributed by atoms with Crippen LogP contribution in [-0.2, 0) is 19.6 Å². The summed E-state index contributed by atoms with van der Waals surface area (Å²) in [7, 11) is 1.71. The third-order valence-electron chi connectivity index (χ3n) is 7.49. The number of anilines is 1. The number of benzene rings is 2. The summed E-state index contributed by atoms with van der Waals surface area (Å²) in [5, 5.41) is 5.28. The van der Waals surface area contributed by atoms with Crippen molar-refractivity contribution in [3.8, 4) is 0 Å². The number of fused-ring (bicyclic) bond motifs is 4. The number of aryl methyl sites for hydroxylation is 2. The standard InChI is InChI=1S/C28H23F4N7O/c1-14(26-34-8-3-9-35-26)39(23-7-4-15-10-16(28(30,31)32)5-6-17(15)23)27(40)18-11-19-22(12-21(18)29)37-25(33)20-13-36-38(2)24(19)20/h3,5-6,8-14,23H,4,7H2,1-2H3,(H2,33,37)/t14-,23-/m1/s1. The van der Waals surface area contributed by atoms with E-state index in [2.05, 4.69) is 20.1 Å². The Labute approximate surface area is 225 Å². The lowest BCUT2D eigenvalue weighted by Crippen LogP contribution is -2.37. The fraction of sp³-hybridized carbons (Fsp3) is 0.250. The summed E-state index contributed by atoms with van der Waals surface area (Å²) in [6, 6.07) is 6.40. The van der Waals surface area contributed by atoms with Crippen LogP contribution in [0.2, 0.25) is 0 Å². The van der Waals surface area contributed by atoms with Crippen molar-refractivity contribution in [1.29, 1.82) is 0 Å². The van der Waals surface area contributed by atoms with E-state index in [0.717, 1.165) is 18.2 Å². The molecule has 0 unspecified atom stereocenters. The number of nitrogen functional groups attached to an aromatic ring is 1. The van der Waals surface area contributed by atoms with Crippen molar-refractivity contribution in [2.75, 3.05) is 5.73 Å². The zero-order chi connectivity index (χ0) is 28.3. The Balaban J connectivity index is 1.50. The first-order valence-electron chi connectivity index (χ1n) is 12.5. The van der Waals surface area contributed by atoms with Gasteiger partial charge in [0.15, 0.2) is 0 Å². The van der Waals surface area contributed by atoms with Crippen molar-refractivity contribution in [3.05, 3.63) is 88.9 Å². The van der Waals surface area contributed by atoms with Crippen LogP contribution in [0.4, 0.5) is 23.4 Å². The molecule has 2 N–H and O–H groups in total. The van der Waals surface area contributed by atoms with E-state index in [1.807, 2.05) is 0 Å². The molecular weight excluding hydrogens is 526 g/mol. The third kappa shape index (κ3) is 4.10. The van der Waals surface area contributed by atoms with Gasteiger partial charge >= 0.3 is 6.18 Å². The molecule has 0 saturated heterocycles. The lowest BCUT2D eigenvalue weighted by Gasteiger charge is -2.34. The topological polar surface area (TPSA) is 103 Å². The number of halogens is 4. The van der Waals surface area contributed by atoms with Crippen LogP contribution >= 0.6 is 0 Å². The molecule has 0 aliphatic heterocycles. The van der Waals surface area contributed by atoms with Crippen LogP contribution in [0.1, 0.15) is 58.3 Å². The van der Waals surface area contributed by atoms with Gasteiger partial charge in [-0.1, -0.05) is 6.07 Å². The maximum atomic E-state index is 15.6. The summed E-state index contributed by atoms with van der Waals surface area (Å²) >= 11 is 0. The number of hydrogen-bond donors (Lipinski definition) is 1. The maximum Gasteiger partial charge on any atom is 0.416 e. The van der Waals surface area contributed by atoms with Crippen molar-refractivity contribution >= 4 is 33.5 Å². The van der Waals surface area contributed by atoms with Gasteiger partial charge in [-0.2, -0.15) is 18.3 Å². The number of nitrogens with two attached hydrogens (primary N) is 1. The van der Waals surface area contributed by atoms with Crippen LogP contribution in [0.5, 0.6) is 0 Å². The second-order valence-electron chi connectivity index (χ2n) is 9.84. The van der Waals surface area contributed by atoms with Crippen LogP contribution < -0.4 is 5.73 Å². The molecule has 6 rings (SSSR count). The van der Waals surface area contributed by atoms with Crippen LogP contribution in [0.15, 0.2) is 55.0 Å². The number of aromatic nitrogens is 5. The highest BCUT2D eigenvalue weighted by atomic mass is 19.4. The van der Waals surface area contributed by atoms with Crippen molar-refractivity contribution < 1.29 is 22.4 Å². The second kappa shape index (κ2) is 9.25. The molecule has 8 nitrogen and oxygen atoms in total. The van der Waals surface area contributed by atoms with Gasteiger partial charge < -0.3 is 10.6 Å². The minimum atomic E-state index is -4.49. The first-order chi connectivity index (χ1) is 19.0. The Morgan fingerprint density at radius 2 is 1.90 bits per heavy atom. The van der Waals surface area contributed by atoms with E-state index >= 15 is 4.39 Å². The van der Waals surface area contributed by atoms with E-state index in [0.29, 0.717) is 46.1 Å². The van der Waals surface area contributed by atoms with Gasteiger partial charge in [0.25, 0.3) is 5.91 Å². The zero-order valence-electron chi connectivity index (χ0n) is 21.4. The molecule has 204 valence electrons. The Bertz CT molecular complexity index is 1790. The van der Waals surface area contributed by atoms with Crippen molar-refractivity contribution in [1.82, 2.24) is 29.6 Å². The van der Waals surface area contributed by atoms with Gasteiger partial charge in [-0.3, -0.25) is 9.48 Å². The van der Waals surface area contributed by atoms with E-state index < -0.39 is 35.5 Å². The molecular formula is C28H23F4N7O. The van der Waals surface area contributed by atoms with Gasteiger partial charge in [-0.25, -0.2) is 19.3 Å². The van der Waals surface area contributed by atoms with E-state index in [-0.39, 0.29) is 16.9 Å². The molecule has 0 bridgehead atoms. The number of pyridine rings is 1. The van der Waals surface area contributed by atoms with Crippen LogP contribution in [-0.4, -0.2) is 35.5 Å². The predicted molar refractivity (Wildman–Crippen MR) is 140 cm³/mol. The van der Waals surface area contributed by atoms with Crippen molar-refractivity contribution in [2.24, 2.45) is 7.05 Å². The third-order valence-corrected chi connectivity index (χ3v) is 7.49. The molecule has 5 aromatic rings. The largest absolute Gasteiger partial charge is 0.416 e. The lowest BCUT2D eigenvalue weighted by atomic mass is 10.00. The average Bonchev–Trinajstić information content (AvgIpc) is 3.52. The molecule has 0 fully saturated rings.